The summed E-state index contributed by atoms with van der Waals surface area (Å²) in [5.41, 5.74) is -0.0763. The van der Waals surface area contributed by atoms with Crippen molar-refractivity contribution >= 4 is 22.9 Å². The molecule has 3 rings (SSSR count). The number of hydrogen-bond donors (Lipinski definition) is 0. The van der Waals surface area contributed by atoms with Crippen molar-refractivity contribution in [3.8, 4) is 5.88 Å². The Bertz CT molecular complexity index is 918. The Morgan fingerprint density at radius 1 is 1.03 bits per heavy atom. The highest BCUT2D eigenvalue weighted by molar-refractivity contribution is 6.84. The predicted molar refractivity (Wildman–Crippen MR) is 132 cm³/mol. The topological polar surface area (TPSA) is 98.1 Å². The van der Waals surface area contributed by atoms with E-state index in [2.05, 4.69) is 60.4 Å². The van der Waals surface area contributed by atoms with E-state index in [4.69, 9.17) is 22.4 Å². The van der Waals surface area contributed by atoms with Gasteiger partial charge in [-0.3, -0.25) is 9.36 Å². The Morgan fingerprint density at radius 2 is 1.62 bits per heavy atom. The number of aromatic nitrogens is 2. The van der Waals surface area contributed by atoms with E-state index in [1.807, 2.05) is 6.92 Å². The zero-order chi connectivity index (χ0) is 25.4. The van der Waals surface area contributed by atoms with Gasteiger partial charge in [0.2, 0.25) is 17.9 Å². The van der Waals surface area contributed by atoms with E-state index < -0.39 is 41.2 Å². The molecule has 2 aliphatic heterocycles. The van der Waals surface area contributed by atoms with Crippen LogP contribution in [-0.4, -0.2) is 57.9 Å². The van der Waals surface area contributed by atoms with Gasteiger partial charge in [0.15, 0.2) is 0 Å². The van der Waals surface area contributed by atoms with Crippen molar-refractivity contribution in [1.29, 1.82) is 0 Å². The largest absolute Gasteiger partial charge is 0.478 e. The van der Waals surface area contributed by atoms with Crippen LogP contribution in [0.15, 0.2) is 17.1 Å². The van der Waals surface area contributed by atoms with E-state index in [0.717, 1.165) is 0 Å². The first kappa shape index (κ1) is 27.2. The van der Waals surface area contributed by atoms with Crippen LogP contribution in [0.3, 0.4) is 0 Å². The monoisotopic (exact) mass is 512 g/mol. The zero-order valence-corrected chi connectivity index (χ0v) is 23.9. The average Bonchev–Trinajstić information content (AvgIpc) is 3.02. The van der Waals surface area contributed by atoms with Gasteiger partial charge in [-0.1, -0.05) is 55.4 Å². The zero-order valence-electron chi connectivity index (χ0n) is 21.9. The SMILES string of the molecule is CCOc1ccn([C@@H]2O[C@@H]3CO[Si](C(C)C)(C(C)C)O[Si](C(C)C)(C(C)C)OC3C2=O)c(=O)n1. The third-order valence-electron chi connectivity index (χ3n) is 6.84. The van der Waals surface area contributed by atoms with Crippen molar-refractivity contribution in [3.05, 3.63) is 22.7 Å². The van der Waals surface area contributed by atoms with Crippen LogP contribution >= 0.6 is 0 Å². The van der Waals surface area contributed by atoms with Gasteiger partial charge in [0, 0.05) is 12.3 Å². The maximum absolute atomic E-state index is 13.6. The summed E-state index contributed by atoms with van der Waals surface area (Å²) >= 11 is 0. The number of hydrogen-bond acceptors (Lipinski definition) is 8. The summed E-state index contributed by atoms with van der Waals surface area (Å²) in [4.78, 5) is 30.2. The summed E-state index contributed by atoms with van der Waals surface area (Å²) in [6.45, 7) is 19.3. The fourth-order valence-electron chi connectivity index (χ4n) is 5.02. The molecular formula is C23H40N2O7Si2. The van der Waals surface area contributed by atoms with E-state index in [0.29, 0.717) is 6.61 Å². The van der Waals surface area contributed by atoms with E-state index >= 15 is 0 Å². The molecule has 3 heterocycles. The van der Waals surface area contributed by atoms with Crippen molar-refractivity contribution in [2.24, 2.45) is 0 Å². The van der Waals surface area contributed by atoms with Crippen molar-refractivity contribution < 1.29 is 27.2 Å². The van der Waals surface area contributed by atoms with Crippen LogP contribution in [0.4, 0.5) is 0 Å². The molecule has 0 amide bonds. The lowest BCUT2D eigenvalue weighted by atomic mass is 10.1. The number of fused-ring (bicyclic) bond motifs is 1. The number of ether oxygens (including phenoxy) is 2. The third-order valence-corrected chi connectivity index (χ3v) is 17.1. The van der Waals surface area contributed by atoms with Crippen molar-refractivity contribution in [2.75, 3.05) is 13.2 Å². The number of carbonyl (C=O) groups is 1. The highest BCUT2D eigenvalue weighted by Gasteiger charge is 2.61. The number of Topliss-reactive ketones (excluding diaryl/α,β-unsaturated/α-hetero) is 1. The molecule has 1 aromatic heterocycles. The second-order valence-corrected chi connectivity index (χ2v) is 19.2. The number of ketones is 1. The second kappa shape index (κ2) is 10.3. The van der Waals surface area contributed by atoms with Gasteiger partial charge < -0.3 is 22.4 Å². The summed E-state index contributed by atoms with van der Waals surface area (Å²) in [6.07, 6.45) is -1.15. The summed E-state index contributed by atoms with van der Waals surface area (Å²) in [5.74, 6) is -0.101. The minimum atomic E-state index is -2.96. The number of rotatable bonds is 7. The summed E-state index contributed by atoms with van der Waals surface area (Å²) in [6, 6.07) is 1.55. The van der Waals surface area contributed by atoms with Gasteiger partial charge >= 0.3 is 22.8 Å². The number of nitrogens with zero attached hydrogens (tertiary/aromatic N) is 2. The van der Waals surface area contributed by atoms with Crippen LogP contribution < -0.4 is 10.4 Å². The lowest BCUT2D eigenvalue weighted by Crippen LogP contribution is -2.65. The Hall–Kier alpha value is -1.38. The molecule has 0 bridgehead atoms. The molecule has 0 saturated carbocycles. The van der Waals surface area contributed by atoms with E-state index in [-0.39, 0.29) is 40.4 Å². The molecule has 2 aliphatic rings. The first-order valence-electron chi connectivity index (χ1n) is 12.3. The molecule has 192 valence electrons. The first-order chi connectivity index (χ1) is 15.9. The predicted octanol–water partition coefficient (Wildman–Crippen LogP) is 4.06. The lowest BCUT2D eigenvalue weighted by molar-refractivity contribution is -0.130. The van der Waals surface area contributed by atoms with Crippen molar-refractivity contribution in [1.82, 2.24) is 9.55 Å². The average molecular weight is 513 g/mol. The molecular weight excluding hydrogens is 472 g/mol. The Kier molecular flexibility index (Phi) is 8.26. The molecule has 3 atom stereocenters. The summed E-state index contributed by atoms with van der Waals surface area (Å²) in [5, 5.41) is 0. The van der Waals surface area contributed by atoms with E-state index in [1.54, 1.807) is 6.07 Å². The maximum Gasteiger partial charge on any atom is 0.353 e. The molecule has 34 heavy (non-hydrogen) atoms. The highest BCUT2D eigenvalue weighted by atomic mass is 28.5. The molecule has 1 unspecified atom stereocenters. The van der Waals surface area contributed by atoms with E-state index in [1.165, 1.54) is 10.8 Å². The van der Waals surface area contributed by atoms with Crippen molar-refractivity contribution in [3.63, 3.8) is 0 Å². The Morgan fingerprint density at radius 3 is 2.12 bits per heavy atom. The Balaban J connectivity index is 2.04. The smallest absolute Gasteiger partial charge is 0.353 e. The minimum absolute atomic E-state index is 0.0842. The van der Waals surface area contributed by atoms with E-state index in [9.17, 15) is 9.59 Å². The van der Waals surface area contributed by atoms with Gasteiger partial charge in [-0.05, 0) is 29.1 Å². The summed E-state index contributed by atoms with van der Waals surface area (Å²) < 4.78 is 33.2. The molecule has 0 spiro atoms. The maximum atomic E-state index is 13.6. The lowest BCUT2D eigenvalue weighted by Gasteiger charge is -2.50. The van der Waals surface area contributed by atoms with Crippen LogP contribution in [0.2, 0.25) is 22.2 Å². The molecule has 0 aliphatic carbocycles. The van der Waals surface area contributed by atoms with Gasteiger partial charge in [0.1, 0.15) is 12.2 Å². The standard InChI is InChI=1S/C23H40N2O7Si2/c1-10-28-19-11-12-25(23(27)24-19)22-20(26)21-18(30-22)13-29-33(14(2)3,15(4)5)32-34(31-21,16(6)7)17(8)9/h11-12,14-18,21-22H,10,13H2,1-9H3/t18-,21?,22-/m1/s1. The van der Waals surface area contributed by atoms with Crippen LogP contribution in [0.1, 0.15) is 68.5 Å². The van der Waals surface area contributed by atoms with Gasteiger partial charge in [-0.25, -0.2) is 4.79 Å². The van der Waals surface area contributed by atoms with Crippen LogP contribution in [0.5, 0.6) is 5.88 Å². The fraction of sp³-hybridized carbons (Fsp3) is 0.783. The summed E-state index contributed by atoms with van der Waals surface area (Å²) in [7, 11) is -5.70. The van der Waals surface area contributed by atoms with Gasteiger partial charge in [-0.15, -0.1) is 0 Å². The molecule has 9 nitrogen and oxygen atoms in total. The Labute approximate surface area is 204 Å². The first-order valence-corrected chi connectivity index (χ1v) is 16.3. The molecule has 2 saturated heterocycles. The minimum Gasteiger partial charge on any atom is -0.478 e. The highest BCUT2D eigenvalue weighted by Crippen LogP contribution is 2.47. The number of carbonyl (C=O) groups excluding carboxylic acids is 1. The normalized spacial score (nSPS) is 26.7. The fourth-order valence-corrected chi connectivity index (χ4v) is 16.2. The van der Waals surface area contributed by atoms with Gasteiger partial charge in [0.25, 0.3) is 0 Å². The second-order valence-electron chi connectivity index (χ2n) is 10.3. The van der Waals surface area contributed by atoms with Gasteiger partial charge in [-0.2, -0.15) is 4.98 Å². The van der Waals surface area contributed by atoms with Gasteiger partial charge in [0.05, 0.1) is 13.2 Å². The molecule has 0 aromatic carbocycles. The quantitative estimate of drug-likeness (QED) is 0.504. The molecule has 2 fully saturated rings. The van der Waals surface area contributed by atoms with Crippen molar-refractivity contribution in [2.45, 2.75) is 103 Å². The molecule has 1 aromatic rings. The van der Waals surface area contributed by atoms with Crippen LogP contribution in [0, 0.1) is 0 Å². The molecule has 0 radical (unpaired) electrons. The van der Waals surface area contributed by atoms with Crippen LogP contribution in [-0.2, 0) is 22.5 Å². The molecule has 11 heteroatoms. The molecule has 0 N–H and O–H groups in total. The van der Waals surface area contributed by atoms with Crippen LogP contribution in [0.25, 0.3) is 0 Å². The third kappa shape index (κ3) is 4.70.